The van der Waals surface area contributed by atoms with E-state index < -0.39 is 0 Å². The molecule has 1 N–H and O–H groups in total. The second-order valence-corrected chi connectivity index (χ2v) is 5.23. The van der Waals surface area contributed by atoms with Gasteiger partial charge in [-0.2, -0.15) is 0 Å². The van der Waals surface area contributed by atoms with Gasteiger partial charge < -0.3 is 9.94 Å². The van der Waals surface area contributed by atoms with Gasteiger partial charge in [0.1, 0.15) is 18.2 Å². The molecule has 0 saturated carbocycles. The van der Waals surface area contributed by atoms with E-state index in [2.05, 4.69) is 5.16 Å². The van der Waals surface area contributed by atoms with Gasteiger partial charge >= 0.3 is 0 Å². The van der Waals surface area contributed by atoms with Crippen LogP contribution in [0.2, 0.25) is 0 Å². The first-order chi connectivity index (χ1) is 10.2. The second-order valence-electron chi connectivity index (χ2n) is 5.23. The zero-order valence-electron chi connectivity index (χ0n) is 11.8. The summed E-state index contributed by atoms with van der Waals surface area (Å²) in [5, 5.41) is 12.2. The molecule has 1 aliphatic rings. The van der Waals surface area contributed by atoms with Crippen molar-refractivity contribution < 1.29 is 14.3 Å². The number of benzene rings is 2. The maximum atomic E-state index is 13.1. The summed E-state index contributed by atoms with van der Waals surface area (Å²) in [6.45, 7) is 2.28. The molecule has 0 aromatic heterocycles. The Labute approximate surface area is 122 Å². The molecule has 2 aromatic carbocycles. The number of rotatable bonds is 3. The standard InChI is InChI=1S/C17H16FNO2/c1-11-8-14(18)4-2-13(11)10-21-15-5-6-16-12(9-15)3-7-17(16)19-20/h2,4-6,8-9,20H,3,7,10H2,1H3/b19-17+. The number of oxime groups is 1. The van der Waals surface area contributed by atoms with Gasteiger partial charge in [-0.3, -0.25) is 0 Å². The third kappa shape index (κ3) is 2.75. The first-order valence-electron chi connectivity index (χ1n) is 6.89. The van der Waals surface area contributed by atoms with Crippen molar-refractivity contribution in [1.82, 2.24) is 0 Å². The SMILES string of the molecule is Cc1cc(F)ccc1COc1ccc2c(c1)CC/C2=N\O. The molecule has 3 nitrogen and oxygen atoms in total. The van der Waals surface area contributed by atoms with Crippen molar-refractivity contribution in [3.63, 3.8) is 0 Å². The minimum atomic E-state index is -0.232. The van der Waals surface area contributed by atoms with Gasteiger partial charge in [-0.1, -0.05) is 11.2 Å². The lowest BCUT2D eigenvalue weighted by molar-refractivity contribution is 0.305. The van der Waals surface area contributed by atoms with Crippen LogP contribution in [0.4, 0.5) is 4.39 Å². The smallest absolute Gasteiger partial charge is 0.123 e. The fourth-order valence-corrected chi connectivity index (χ4v) is 2.62. The summed E-state index contributed by atoms with van der Waals surface area (Å²) >= 11 is 0. The lowest BCUT2D eigenvalue weighted by Crippen LogP contribution is -1.99. The molecule has 2 aromatic rings. The van der Waals surface area contributed by atoms with Crippen molar-refractivity contribution in [1.29, 1.82) is 0 Å². The molecule has 1 aliphatic carbocycles. The molecule has 0 fully saturated rings. The Morgan fingerprint density at radius 3 is 2.81 bits per heavy atom. The highest BCUT2D eigenvalue weighted by molar-refractivity contribution is 6.04. The Morgan fingerprint density at radius 1 is 1.19 bits per heavy atom. The molecule has 0 saturated heterocycles. The van der Waals surface area contributed by atoms with Gasteiger partial charge in [-0.05, 0) is 66.8 Å². The Hall–Kier alpha value is -2.36. The van der Waals surface area contributed by atoms with Crippen LogP contribution in [0.5, 0.6) is 5.75 Å². The van der Waals surface area contributed by atoms with Crippen LogP contribution in [0.25, 0.3) is 0 Å². The first kappa shape index (κ1) is 13.6. The normalized spacial score (nSPS) is 15.2. The number of nitrogens with zero attached hydrogens (tertiary/aromatic N) is 1. The molecule has 4 heteroatoms. The molecule has 0 bridgehead atoms. The molecular weight excluding hydrogens is 269 g/mol. The molecule has 0 radical (unpaired) electrons. The molecule has 3 rings (SSSR count). The van der Waals surface area contributed by atoms with Gasteiger partial charge in [-0.25, -0.2) is 4.39 Å². The summed E-state index contributed by atoms with van der Waals surface area (Å²) in [6, 6.07) is 10.5. The minimum absolute atomic E-state index is 0.232. The van der Waals surface area contributed by atoms with Gasteiger partial charge in [0.25, 0.3) is 0 Å². The largest absolute Gasteiger partial charge is 0.489 e. The van der Waals surface area contributed by atoms with Crippen molar-refractivity contribution >= 4 is 5.71 Å². The predicted octanol–water partition coefficient (Wildman–Crippen LogP) is 3.84. The van der Waals surface area contributed by atoms with Gasteiger partial charge in [0.05, 0.1) is 5.71 Å². The maximum Gasteiger partial charge on any atom is 0.123 e. The Kier molecular flexibility index (Phi) is 3.60. The molecule has 0 unspecified atom stereocenters. The number of aryl methyl sites for hydroxylation is 2. The highest BCUT2D eigenvalue weighted by Gasteiger charge is 2.18. The predicted molar refractivity (Wildman–Crippen MR) is 78.6 cm³/mol. The average Bonchev–Trinajstić information content (AvgIpc) is 2.88. The van der Waals surface area contributed by atoms with Crippen LogP contribution in [0.15, 0.2) is 41.6 Å². The van der Waals surface area contributed by atoms with Crippen LogP contribution in [0.1, 0.15) is 28.7 Å². The highest BCUT2D eigenvalue weighted by atomic mass is 19.1. The number of ether oxygens (including phenoxy) is 1. The summed E-state index contributed by atoms with van der Waals surface area (Å²) < 4.78 is 18.8. The minimum Gasteiger partial charge on any atom is -0.489 e. The Balaban J connectivity index is 1.75. The number of hydrogen-bond donors (Lipinski definition) is 1. The molecule has 0 spiro atoms. The Bertz CT molecular complexity index is 710. The third-order valence-electron chi connectivity index (χ3n) is 3.84. The van der Waals surface area contributed by atoms with Crippen LogP contribution in [-0.4, -0.2) is 10.9 Å². The fourth-order valence-electron chi connectivity index (χ4n) is 2.62. The van der Waals surface area contributed by atoms with Crippen molar-refractivity contribution in [3.05, 3.63) is 64.5 Å². The summed E-state index contributed by atoms with van der Waals surface area (Å²) in [6.07, 6.45) is 1.62. The topological polar surface area (TPSA) is 41.8 Å². The zero-order chi connectivity index (χ0) is 14.8. The number of hydrogen-bond acceptors (Lipinski definition) is 3. The molecule has 0 heterocycles. The number of fused-ring (bicyclic) bond motifs is 1. The molecule has 0 aliphatic heterocycles. The molecule has 108 valence electrons. The van der Waals surface area contributed by atoms with E-state index in [1.54, 1.807) is 6.07 Å². The van der Waals surface area contributed by atoms with E-state index in [9.17, 15) is 4.39 Å². The molecule has 0 atom stereocenters. The molecular formula is C17H16FNO2. The average molecular weight is 285 g/mol. The van der Waals surface area contributed by atoms with Crippen LogP contribution in [0.3, 0.4) is 0 Å². The van der Waals surface area contributed by atoms with E-state index in [4.69, 9.17) is 9.94 Å². The maximum absolute atomic E-state index is 13.1. The van der Waals surface area contributed by atoms with Crippen molar-refractivity contribution in [3.8, 4) is 5.75 Å². The van der Waals surface area contributed by atoms with E-state index in [-0.39, 0.29) is 5.82 Å². The lowest BCUT2D eigenvalue weighted by atomic mass is 10.1. The summed E-state index contributed by atoms with van der Waals surface area (Å²) in [5.41, 5.74) is 4.70. The summed E-state index contributed by atoms with van der Waals surface area (Å²) in [7, 11) is 0. The molecule has 21 heavy (non-hydrogen) atoms. The number of halogens is 1. The van der Waals surface area contributed by atoms with Crippen LogP contribution >= 0.6 is 0 Å². The zero-order valence-corrected chi connectivity index (χ0v) is 11.8. The van der Waals surface area contributed by atoms with E-state index in [0.717, 1.165) is 46.6 Å². The van der Waals surface area contributed by atoms with E-state index >= 15 is 0 Å². The van der Waals surface area contributed by atoms with Gasteiger partial charge in [-0.15, -0.1) is 0 Å². The van der Waals surface area contributed by atoms with Gasteiger partial charge in [0, 0.05) is 5.56 Å². The highest BCUT2D eigenvalue weighted by Crippen LogP contribution is 2.27. The first-order valence-corrected chi connectivity index (χ1v) is 6.89. The van der Waals surface area contributed by atoms with E-state index in [1.165, 1.54) is 12.1 Å². The summed E-state index contributed by atoms with van der Waals surface area (Å²) in [4.78, 5) is 0. The quantitative estimate of drug-likeness (QED) is 0.687. The van der Waals surface area contributed by atoms with Gasteiger partial charge in [0.2, 0.25) is 0 Å². The Morgan fingerprint density at radius 2 is 2.05 bits per heavy atom. The fraction of sp³-hybridized carbons (Fsp3) is 0.235. The van der Waals surface area contributed by atoms with Crippen LogP contribution in [0, 0.1) is 12.7 Å². The third-order valence-corrected chi connectivity index (χ3v) is 3.84. The van der Waals surface area contributed by atoms with Crippen molar-refractivity contribution in [2.75, 3.05) is 0 Å². The lowest BCUT2D eigenvalue weighted by Gasteiger charge is -2.10. The summed E-state index contributed by atoms with van der Waals surface area (Å²) in [5.74, 6) is 0.543. The van der Waals surface area contributed by atoms with Crippen LogP contribution in [-0.2, 0) is 13.0 Å². The van der Waals surface area contributed by atoms with Crippen molar-refractivity contribution in [2.24, 2.45) is 5.16 Å². The van der Waals surface area contributed by atoms with Crippen molar-refractivity contribution in [2.45, 2.75) is 26.4 Å². The second kappa shape index (κ2) is 5.56. The van der Waals surface area contributed by atoms with Gasteiger partial charge in [0.15, 0.2) is 0 Å². The monoisotopic (exact) mass is 285 g/mol. The van der Waals surface area contributed by atoms with Crippen LogP contribution < -0.4 is 4.74 Å². The molecule has 0 amide bonds. The van der Waals surface area contributed by atoms with E-state index in [0.29, 0.717) is 6.61 Å². The van der Waals surface area contributed by atoms with E-state index in [1.807, 2.05) is 25.1 Å².